The van der Waals surface area contributed by atoms with Crippen molar-refractivity contribution in [3.05, 3.63) is 145 Å². The van der Waals surface area contributed by atoms with Crippen molar-refractivity contribution >= 4 is 43.4 Å². The third-order valence-corrected chi connectivity index (χ3v) is 7.41. The number of hydrogen-bond acceptors (Lipinski definition) is 1. The van der Waals surface area contributed by atoms with Gasteiger partial charge >= 0.3 is 0 Å². The zero-order valence-corrected chi connectivity index (χ0v) is 21.1. The van der Waals surface area contributed by atoms with Gasteiger partial charge in [0.05, 0.1) is 22.0 Å². The summed E-state index contributed by atoms with van der Waals surface area (Å²) in [6, 6.07) is 23.5. The number of nitrogens with zero attached hydrogens (tertiary/aromatic N) is 2. The summed E-state index contributed by atoms with van der Waals surface area (Å²) in [5.41, 5.74) is 3.01. The fraction of sp³-hybridized carbons (Fsp3) is 0.0263. The molecule has 8 rings (SSSR count). The van der Waals surface area contributed by atoms with E-state index < -0.39 is 31.0 Å². The molecule has 0 amide bonds. The molecule has 2 nitrogen and oxygen atoms in total. The van der Waals surface area contributed by atoms with Gasteiger partial charge in [0, 0.05) is 9.80 Å². The number of aromatic nitrogens is 2. The summed E-state index contributed by atoms with van der Waals surface area (Å²) in [7, 11) is 0. The Morgan fingerprint density at radius 3 is 1.95 bits per heavy atom. The van der Waals surface area contributed by atoms with E-state index in [9.17, 15) is 5.48 Å². The lowest BCUT2D eigenvalue weighted by Crippen LogP contribution is -1.97. The van der Waals surface area contributed by atoms with Gasteiger partial charge in [-0.15, -0.1) is 0 Å². The van der Waals surface area contributed by atoms with Crippen LogP contribution < -0.4 is 0 Å². The van der Waals surface area contributed by atoms with Gasteiger partial charge in [0.15, 0.2) is 0 Å². The zero-order valence-electron chi connectivity index (χ0n) is 32.1. The Labute approximate surface area is 248 Å². The van der Waals surface area contributed by atoms with Crippen LogP contribution in [0, 0.1) is 6.85 Å². The van der Waals surface area contributed by atoms with Crippen LogP contribution in [0.3, 0.4) is 0 Å². The second-order valence-electron chi connectivity index (χ2n) is 9.58. The summed E-state index contributed by atoms with van der Waals surface area (Å²) in [4.78, 5) is 4.39. The molecule has 0 atom stereocenters. The molecule has 188 valence electrons. The van der Waals surface area contributed by atoms with Gasteiger partial charge in [-0.1, -0.05) is 115 Å². The molecule has 0 aliphatic heterocycles. The highest BCUT2D eigenvalue weighted by molar-refractivity contribution is 6.23. The molecule has 1 heterocycles. The summed E-state index contributed by atoms with van der Waals surface area (Å²) in [5.74, 6) is -0.130. The van der Waals surface area contributed by atoms with Crippen molar-refractivity contribution in [1.82, 2.24) is 9.55 Å². The lowest BCUT2D eigenvalue weighted by atomic mass is 9.85. The van der Waals surface area contributed by atoms with E-state index in [-0.39, 0.29) is 62.7 Å². The fourth-order valence-corrected chi connectivity index (χ4v) is 5.69. The number of rotatable bonds is 3. The van der Waals surface area contributed by atoms with Crippen LogP contribution in [0.4, 0.5) is 0 Å². The van der Waals surface area contributed by atoms with Crippen molar-refractivity contribution in [3.8, 4) is 27.9 Å². The van der Waals surface area contributed by atoms with Crippen LogP contribution in [0.5, 0.6) is 0 Å². The third kappa shape index (κ3) is 3.40. The van der Waals surface area contributed by atoms with E-state index in [2.05, 4.69) is 4.98 Å². The van der Waals surface area contributed by atoms with Gasteiger partial charge < -0.3 is 0 Å². The SMILES string of the molecule is [2H]c1c([2H])c([2H])c2c(-c3cccc4ccccc34)c3c([2H])c([2H])c([2H])c([2H])c3c(-c3ccc(-n4c(C([2H])([2H])[2H])nc5ccccc54)cc3)c2c1[2H]. The first-order valence-electron chi connectivity index (χ1n) is 18.3. The number of imidazole rings is 1. The average molecular weight is 522 g/mol. The molecule has 0 saturated carbocycles. The summed E-state index contributed by atoms with van der Waals surface area (Å²) < 4.78 is 97.7. The Bertz CT molecular complexity index is 2680. The summed E-state index contributed by atoms with van der Waals surface area (Å²) in [6.07, 6.45) is 0. The normalized spacial score (nSPS) is 15.8. The zero-order chi connectivity index (χ0) is 36.1. The van der Waals surface area contributed by atoms with Gasteiger partial charge in [0.2, 0.25) is 0 Å². The van der Waals surface area contributed by atoms with E-state index in [1.54, 1.807) is 59.2 Å². The quantitative estimate of drug-likeness (QED) is 0.211. The number of hydrogen-bond donors (Lipinski definition) is 0. The van der Waals surface area contributed by atoms with E-state index in [4.69, 9.17) is 9.60 Å². The highest BCUT2D eigenvalue weighted by Gasteiger charge is 2.18. The predicted molar refractivity (Wildman–Crippen MR) is 169 cm³/mol. The van der Waals surface area contributed by atoms with Gasteiger partial charge in [0.1, 0.15) is 5.82 Å². The van der Waals surface area contributed by atoms with Crippen molar-refractivity contribution in [1.29, 1.82) is 0 Å². The minimum absolute atomic E-state index is 0.102. The van der Waals surface area contributed by atoms with E-state index in [1.165, 1.54) is 0 Å². The van der Waals surface area contributed by atoms with Crippen molar-refractivity contribution in [2.24, 2.45) is 0 Å². The lowest BCUT2D eigenvalue weighted by Gasteiger charge is -2.19. The molecule has 7 aromatic carbocycles. The van der Waals surface area contributed by atoms with Crippen molar-refractivity contribution < 1.29 is 15.1 Å². The van der Waals surface area contributed by atoms with Gasteiger partial charge in [-0.3, -0.25) is 4.57 Å². The Balaban J connectivity index is 1.55. The molecular weight excluding hydrogens is 484 g/mol. The van der Waals surface area contributed by atoms with Crippen LogP contribution in [-0.4, -0.2) is 9.55 Å². The van der Waals surface area contributed by atoms with Crippen LogP contribution in [-0.2, 0) is 0 Å². The molecule has 2 heteroatoms. The standard InChI is InChI=1S/C38H26N2/c1-25-39-35-19-8-9-20-36(35)40(25)28-23-21-27(22-24-28)37-31-14-4-6-16-33(31)38(34-17-7-5-15-32(34)37)30-18-10-12-26-11-2-3-13-29(26)30/h2-24H,1H3/i1D3,4D,5D,6D,7D,14D,15D,16D,17D. The molecule has 0 aliphatic rings. The monoisotopic (exact) mass is 521 g/mol. The Morgan fingerprint density at radius 1 is 0.600 bits per heavy atom. The second kappa shape index (κ2) is 8.93. The van der Waals surface area contributed by atoms with Gasteiger partial charge in [-0.25, -0.2) is 4.98 Å². The number of fused-ring (bicyclic) bond motifs is 4. The molecule has 0 unspecified atom stereocenters. The van der Waals surface area contributed by atoms with Crippen molar-refractivity contribution in [2.45, 2.75) is 6.85 Å². The lowest BCUT2D eigenvalue weighted by molar-refractivity contribution is 1.00. The Morgan fingerprint density at radius 2 is 1.23 bits per heavy atom. The molecular formula is C38H26N2. The third-order valence-electron chi connectivity index (χ3n) is 7.41. The minimum Gasteiger partial charge on any atom is -0.297 e. The largest absolute Gasteiger partial charge is 0.297 e. The van der Waals surface area contributed by atoms with Gasteiger partial charge in [0.25, 0.3) is 0 Å². The molecule has 8 aromatic rings. The second-order valence-corrected chi connectivity index (χ2v) is 9.58. The maximum absolute atomic E-state index is 9.22. The Hall–Kier alpha value is -5.21. The Kier molecular flexibility index (Phi) is 3.18. The van der Waals surface area contributed by atoms with Crippen molar-refractivity contribution in [2.75, 3.05) is 0 Å². The molecule has 0 bridgehead atoms. The van der Waals surface area contributed by atoms with Crippen molar-refractivity contribution in [3.63, 3.8) is 0 Å². The smallest absolute Gasteiger partial charge is 0.111 e. The highest BCUT2D eigenvalue weighted by Crippen LogP contribution is 2.45. The minimum atomic E-state index is -2.53. The molecule has 0 radical (unpaired) electrons. The summed E-state index contributed by atoms with van der Waals surface area (Å²) in [6.45, 7) is -2.53. The van der Waals surface area contributed by atoms with Gasteiger partial charge in [-0.05, 0) is 85.7 Å². The number of aryl methyl sites for hydroxylation is 1. The van der Waals surface area contributed by atoms with Crippen LogP contribution in [0.1, 0.15) is 20.9 Å². The number of benzene rings is 7. The van der Waals surface area contributed by atoms with Crippen LogP contribution in [0.25, 0.3) is 71.3 Å². The van der Waals surface area contributed by atoms with E-state index >= 15 is 0 Å². The van der Waals surface area contributed by atoms with E-state index in [0.29, 0.717) is 27.8 Å². The topological polar surface area (TPSA) is 17.8 Å². The maximum Gasteiger partial charge on any atom is 0.111 e. The maximum atomic E-state index is 9.22. The first kappa shape index (κ1) is 14.3. The highest BCUT2D eigenvalue weighted by atomic mass is 15.1. The average Bonchev–Trinajstić information content (AvgIpc) is 3.54. The number of para-hydroxylation sites is 2. The van der Waals surface area contributed by atoms with E-state index in [1.807, 2.05) is 36.4 Å². The van der Waals surface area contributed by atoms with Gasteiger partial charge in [-0.2, -0.15) is 0 Å². The first-order chi connectivity index (χ1) is 24.3. The van der Waals surface area contributed by atoms with Crippen LogP contribution in [0.2, 0.25) is 0 Å². The molecule has 40 heavy (non-hydrogen) atoms. The summed E-state index contributed by atoms with van der Waals surface area (Å²) >= 11 is 0. The molecule has 0 spiro atoms. The fourth-order valence-electron chi connectivity index (χ4n) is 5.69. The molecule has 0 N–H and O–H groups in total. The first-order valence-corrected chi connectivity index (χ1v) is 12.8. The molecule has 0 aliphatic carbocycles. The van der Waals surface area contributed by atoms with E-state index in [0.717, 1.165) is 10.8 Å². The predicted octanol–water partition coefficient (Wildman–Crippen LogP) is 10.1. The molecule has 0 fully saturated rings. The molecule has 1 aromatic heterocycles. The van der Waals surface area contributed by atoms with Crippen LogP contribution in [0.15, 0.2) is 139 Å². The van der Waals surface area contributed by atoms with Crippen LogP contribution >= 0.6 is 0 Å². The summed E-state index contributed by atoms with van der Waals surface area (Å²) in [5, 5.41) is 2.05. The molecule has 0 saturated heterocycles.